The molecule has 2 aliphatic carbocycles. The van der Waals surface area contributed by atoms with E-state index in [0.29, 0.717) is 0 Å². The summed E-state index contributed by atoms with van der Waals surface area (Å²) in [5.41, 5.74) is 0. The average molecular weight is 278 g/mol. The van der Waals surface area contributed by atoms with Crippen LogP contribution in [0.15, 0.2) is 0 Å². The van der Waals surface area contributed by atoms with Crippen LogP contribution >= 0.6 is 0 Å². The summed E-state index contributed by atoms with van der Waals surface area (Å²) in [6, 6.07) is 1.80. The van der Waals surface area contributed by atoms with Gasteiger partial charge < -0.3 is 10.2 Å². The molecule has 1 N–H and O–H groups in total. The maximum Gasteiger partial charge on any atom is 0.0124 e. The molecule has 0 radical (unpaired) electrons. The van der Waals surface area contributed by atoms with Crippen molar-refractivity contribution in [3.8, 4) is 0 Å². The summed E-state index contributed by atoms with van der Waals surface area (Å²) in [6.45, 7) is 6.28. The number of hydrogen-bond donors (Lipinski definition) is 1. The Labute approximate surface area is 125 Å². The highest BCUT2D eigenvalue weighted by Gasteiger charge is 2.36. The fourth-order valence-electron chi connectivity index (χ4n) is 5.09. The van der Waals surface area contributed by atoms with Gasteiger partial charge in [-0.25, -0.2) is 0 Å². The van der Waals surface area contributed by atoms with Crippen molar-refractivity contribution in [1.82, 2.24) is 10.2 Å². The van der Waals surface area contributed by atoms with Crippen molar-refractivity contribution in [3.63, 3.8) is 0 Å². The van der Waals surface area contributed by atoms with E-state index in [0.717, 1.165) is 23.9 Å². The predicted octanol–water partition coefficient (Wildman–Crippen LogP) is 3.81. The number of likely N-dealkylation sites (tertiary alicyclic amines) is 1. The fraction of sp³-hybridized carbons (Fsp3) is 1.00. The van der Waals surface area contributed by atoms with Gasteiger partial charge in [-0.15, -0.1) is 0 Å². The molecule has 2 saturated carbocycles. The van der Waals surface area contributed by atoms with Crippen molar-refractivity contribution in [2.24, 2.45) is 11.8 Å². The minimum atomic E-state index is 0.833. The minimum Gasteiger partial charge on any atom is -0.314 e. The van der Waals surface area contributed by atoms with Crippen LogP contribution in [0, 0.1) is 11.8 Å². The van der Waals surface area contributed by atoms with Crippen LogP contribution in [0.5, 0.6) is 0 Å². The van der Waals surface area contributed by atoms with Crippen LogP contribution in [0.25, 0.3) is 0 Å². The molecular weight excluding hydrogens is 244 g/mol. The van der Waals surface area contributed by atoms with E-state index in [4.69, 9.17) is 0 Å². The largest absolute Gasteiger partial charge is 0.314 e. The Morgan fingerprint density at radius 1 is 1.00 bits per heavy atom. The molecule has 4 atom stereocenters. The number of hydrogen-bond acceptors (Lipinski definition) is 2. The lowest BCUT2D eigenvalue weighted by atomic mass is 9.85. The first-order valence-electron chi connectivity index (χ1n) is 9.36. The van der Waals surface area contributed by atoms with E-state index in [1.165, 1.54) is 83.8 Å². The molecule has 3 aliphatic rings. The lowest BCUT2D eigenvalue weighted by molar-refractivity contribution is 0.169. The van der Waals surface area contributed by atoms with Gasteiger partial charge >= 0.3 is 0 Å². The van der Waals surface area contributed by atoms with Crippen LogP contribution in [-0.4, -0.2) is 36.6 Å². The standard InChI is InChI=1S/C18H34N2/c1-2-12-19-17-8-5-7-15(17)10-13-20-14-11-16-6-3-4-9-18(16)20/h15-19H,2-14H2,1H3. The summed E-state index contributed by atoms with van der Waals surface area (Å²) < 4.78 is 0. The summed E-state index contributed by atoms with van der Waals surface area (Å²) in [5.74, 6) is 2.02. The molecule has 4 unspecified atom stereocenters. The highest BCUT2D eigenvalue weighted by atomic mass is 15.2. The van der Waals surface area contributed by atoms with Gasteiger partial charge in [-0.2, -0.15) is 0 Å². The second-order valence-corrected chi connectivity index (χ2v) is 7.48. The molecule has 0 spiro atoms. The van der Waals surface area contributed by atoms with Gasteiger partial charge in [-0.1, -0.05) is 26.2 Å². The van der Waals surface area contributed by atoms with Crippen LogP contribution in [0.4, 0.5) is 0 Å². The van der Waals surface area contributed by atoms with Gasteiger partial charge in [0.25, 0.3) is 0 Å². The van der Waals surface area contributed by atoms with E-state index in [9.17, 15) is 0 Å². The van der Waals surface area contributed by atoms with E-state index in [-0.39, 0.29) is 0 Å². The van der Waals surface area contributed by atoms with Gasteiger partial charge in [-0.3, -0.25) is 0 Å². The third kappa shape index (κ3) is 3.39. The zero-order valence-electron chi connectivity index (χ0n) is 13.4. The van der Waals surface area contributed by atoms with Crippen LogP contribution in [0.1, 0.15) is 71.1 Å². The number of nitrogens with one attached hydrogen (secondary N) is 1. The van der Waals surface area contributed by atoms with Crippen molar-refractivity contribution < 1.29 is 0 Å². The Morgan fingerprint density at radius 2 is 1.90 bits per heavy atom. The van der Waals surface area contributed by atoms with Crippen LogP contribution in [0.2, 0.25) is 0 Å². The fourth-order valence-corrected chi connectivity index (χ4v) is 5.09. The Morgan fingerprint density at radius 3 is 2.80 bits per heavy atom. The van der Waals surface area contributed by atoms with E-state index in [2.05, 4.69) is 17.1 Å². The zero-order valence-corrected chi connectivity index (χ0v) is 13.4. The van der Waals surface area contributed by atoms with Crippen LogP contribution in [0.3, 0.4) is 0 Å². The lowest BCUT2D eigenvalue weighted by Crippen LogP contribution is -2.38. The number of rotatable bonds is 6. The zero-order chi connectivity index (χ0) is 13.8. The molecule has 3 rings (SSSR count). The smallest absolute Gasteiger partial charge is 0.0124 e. The molecule has 1 heterocycles. The van der Waals surface area contributed by atoms with Crippen molar-refractivity contribution >= 4 is 0 Å². The molecule has 2 heteroatoms. The Hall–Kier alpha value is -0.0800. The summed E-state index contributed by atoms with van der Waals surface area (Å²) in [6.07, 6.45) is 14.6. The van der Waals surface area contributed by atoms with Gasteiger partial charge in [0, 0.05) is 12.1 Å². The summed E-state index contributed by atoms with van der Waals surface area (Å²) in [4.78, 5) is 2.86. The second kappa shape index (κ2) is 7.26. The monoisotopic (exact) mass is 278 g/mol. The van der Waals surface area contributed by atoms with Gasteiger partial charge in [0.2, 0.25) is 0 Å². The predicted molar refractivity (Wildman–Crippen MR) is 86.0 cm³/mol. The average Bonchev–Trinajstić information content (AvgIpc) is 3.09. The quantitative estimate of drug-likeness (QED) is 0.795. The van der Waals surface area contributed by atoms with Crippen molar-refractivity contribution in [1.29, 1.82) is 0 Å². The van der Waals surface area contributed by atoms with Gasteiger partial charge in [-0.05, 0) is 76.4 Å². The van der Waals surface area contributed by atoms with Gasteiger partial charge in [0.15, 0.2) is 0 Å². The summed E-state index contributed by atoms with van der Waals surface area (Å²) in [5, 5.41) is 3.79. The molecule has 1 aliphatic heterocycles. The Balaban J connectivity index is 1.44. The molecule has 0 amide bonds. The molecule has 20 heavy (non-hydrogen) atoms. The molecule has 0 aromatic heterocycles. The lowest BCUT2D eigenvalue weighted by Gasteiger charge is -2.33. The first-order chi connectivity index (χ1) is 9.88. The molecule has 0 bridgehead atoms. The topological polar surface area (TPSA) is 15.3 Å². The number of fused-ring (bicyclic) bond motifs is 1. The maximum absolute atomic E-state index is 3.79. The van der Waals surface area contributed by atoms with Crippen molar-refractivity contribution in [2.45, 2.75) is 83.2 Å². The van der Waals surface area contributed by atoms with E-state index in [1.807, 2.05) is 0 Å². The third-order valence-corrected chi connectivity index (χ3v) is 6.23. The molecule has 2 nitrogen and oxygen atoms in total. The molecule has 3 fully saturated rings. The summed E-state index contributed by atoms with van der Waals surface area (Å²) >= 11 is 0. The summed E-state index contributed by atoms with van der Waals surface area (Å²) in [7, 11) is 0. The normalized spacial score (nSPS) is 38.2. The van der Waals surface area contributed by atoms with Gasteiger partial charge in [0.1, 0.15) is 0 Å². The molecule has 1 saturated heterocycles. The van der Waals surface area contributed by atoms with Crippen molar-refractivity contribution in [3.05, 3.63) is 0 Å². The van der Waals surface area contributed by atoms with E-state index < -0.39 is 0 Å². The number of nitrogens with zero attached hydrogens (tertiary/aromatic N) is 1. The highest BCUT2D eigenvalue weighted by molar-refractivity contribution is 4.91. The second-order valence-electron chi connectivity index (χ2n) is 7.48. The minimum absolute atomic E-state index is 0.833. The molecule has 0 aromatic rings. The van der Waals surface area contributed by atoms with Gasteiger partial charge in [0.05, 0.1) is 0 Å². The molecular formula is C18H34N2. The van der Waals surface area contributed by atoms with E-state index in [1.54, 1.807) is 0 Å². The van der Waals surface area contributed by atoms with Crippen LogP contribution < -0.4 is 5.32 Å². The first kappa shape index (κ1) is 14.8. The molecule has 116 valence electrons. The molecule has 0 aromatic carbocycles. The maximum atomic E-state index is 3.79. The Bertz CT molecular complexity index is 291. The van der Waals surface area contributed by atoms with Crippen molar-refractivity contribution in [2.75, 3.05) is 19.6 Å². The SMILES string of the molecule is CCCNC1CCCC1CCN1CCC2CCCCC21. The first-order valence-corrected chi connectivity index (χ1v) is 9.36. The third-order valence-electron chi connectivity index (χ3n) is 6.23. The van der Waals surface area contributed by atoms with E-state index >= 15 is 0 Å². The Kier molecular flexibility index (Phi) is 5.39. The highest BCUT2D eigenvalue weighted by Crippen LogP contribution is 2.37. The van der Waals surface area contributed by atoms with Crippen LogP contribution in [-0.2, 0) is 0 Å².